The van der Waals surface area contributed by atoms with Crippen LogP contribution in [0, 0.1) is 0 Å². The van der Waals surface area contributed by atoms with Gasteiger partial charge in [0.05, 0.1) is 0 Å². The summed E-state index contributed by atoms with van der Waals surface area (Å²) < 4.78 is 36.9. The van der Waals surface area contributed by atoms with Crippen molar-refractivity contribution < 1.29 is 13.2 Å². The van der Waals surface area contributed by atoms with Gasteiger partial charge < -0.3 is 10.6 Å². The second kappa shape index (κ2) is 5.00. The van der Waals surface area contributed by atoms with Gasteiger partial charge in [-0.05, 0) is 12.5 Å². The maximum absolute atomic E-state index is 12.3. The Morgan fingerprint density at radius 3 is 2.62 bits per heavy atom. The van der Waals surface area contributed by atoms with Crippen LogP contribution in [0.3, 0.4) is 0 Å². The van der Waals surface area contributed by atoms with Gasteiger partial charge in [0, 0.05) is 12.7 Å². The fraction of sp³-hybridized carbons (Fsp3) is 0.556. The first-order chi connectivity index (χ1) is 7.42. The zero-order valence-corrected chi connectivity index (χ0v) is 8.83. The average molecular weight is 234 g/mol. The normalized spacial score (nSPS) is 11.5. The monoisotopic (exact) mass is 234 g/mol. The number of hydrogen-bond donors (Lipinski definition) is 1. The first kappa shape index (κ1) is 12.5. The van der Waals surface area contributed by atoms with Crippen molar-refractivity contribution in [2.75, 3.05) is 23.7 Å². The van der Waals surface area contributed by atoms with Crippen molar-refractivity contribution in [2.45, 2.75) is 19.5 Å². The molecule has 0 bridgehead atoms. The molecule has 0 aliphatic rings. The molecular formula is C9H13F3N4. The molecule has 0 spiro atoms. The lowest BCUT2D eigenvalue weighted by Crippen LogP contribution is -2.35. The highest BCUT2D eigenvalue weighted by atomic mass is 19.4. The van der Waals surface area contributed by atoms with Crippen LogP contribution >= 0.6 is 0 Å². The summed E-state index contributed by atoms with van der Waals surface area (Å²) >= 11 is 0. The number of nitrogens with two attached hydrogens (primary N) is 1. The molecule has 1 aromatic rings. The number of aromatic nitrogens is 2. The maximum atomic E-state index is 12.3. The molecule has 1 aromatic heterocycles. The molecule has 2 N–H and O–H groups in total. The van der Waals surface area contributed by atoms with Crippen LogP contribution in [-0.2, 0) is 0 Å². The van der Waals surface area contributed by atoms with Gasteiger partial charge >= 0.3 is 6.18 Å². The molecule has 0 amide bonds. The highest BCUT2D eigenvalue weighted by Crippen LogP contribution is 2.20. The third kappa shape index (κ3) is 3.92. The van der Waals surface area contributed by atoms with Gasteiger partial charge in [-0.15, -0.1) is 0 Å². The highest BCUT2D eigenvalue weighted by Gasteiger charge is 2.31. The average Bonchev–Trinajstić information content (AvgIpc) is 2.15. The van der Waals surface area contributed by atoms with E-state index in [1.54, 1.807) is 6.92 Å². The summed E-state index contributed by atoms with van der Waals surface area (Å²) in [7, 11) is 0. The van der Waals surface area contributed by atoms with E-state index >= 15 is 0 Å². The van der Waals surface area contributed by atoms with E-state index in [0.717, 1.165) is 4.90 Å². The Morgan fingerprint density at radius 1 is 1.44 bits per heavy atom. The quantitative estimate of drug-likeness (QED) is 0.863. The SMILES string of the molecule is CCCN(CC(F)(F)F)c1ccnc(N)n1. The number of alkyl halides is 3. The topological polar surface area (TPSA) is 55.0 Å². The Labute approximate surface area is 91.3 Å². The van der Waals surface area contributed by atoms with Gasteiger partial charge in [-0.1, -0.05) is 6.92 Å². The Hall–Kier alpha value is -1.53. The van der Waals surface area contributed by atoms with Gasteiger partial charge in [0.1, 0.15) is 12.4 Å². The van der Waals surface area contributed by atoms with E-state index in [4.69, 9.17) is 5.73 Å². The lowest BCUT2D eigenvalue weighted by atomic mass is 10.4. The summed E-state index contributed by atoms with van der Waals surface area (Å²) in [5.74, 6) is 0.174. The minimum Gasteiger partial charge on any atom is -0.368 e. The first-order valence-electron chi connectivity index (χ1n) is 4.82. The van der Waals surface area contributed by atoms with E-state index in [1.807, 2.05) is 0 Å². The fourth-order valence-corrected chi connectivity index (χ4v) is 1.30. The second-order valence-corrected chi connectivity index (χ2v) is 3.31. The summed E-state index contributed by atoms with van der Waals surface area (Å²) in [6.07, 6.45) is -2.31. The van der Waals surface area contributed by atoms with E-state index in [-0.39, 0.29) is 18.3 Å². The molecule has 0 aliphatic carbocycles. The van der Waals surface area contributed by atoms with Crippen molar-refractivity contribution in [3.8, 4) is 0 Å². The van der Waals surface area contributed by atoms with E-state index in [9.17, 15) is 13.2 Å². The van der Waals surface area contributed by atoms with E-state index < -0.39 is 12.7 Å². The molecule has 0 saturated heterocycles. The number of rotatable bonds is 4. The molecule has 0 radical (unpaired) electrons. The smallest absolute Gasteiger partial charge is 0.368 e. The van der Waals surface area contributed by atoms with Crippen molar-refractivity contribution >= 4 is 11.8 Å². The molecule has 90 valence electrons. The minimum absolute atomic E-state index is 0.0271. The molecule has 0 aliphatic heterocycles. The van der Waals surface area contributed by atoms with E-state index in [0.29, 0.717) is 6.42 Å². The molecule has 0 unspecified atom stereocenters. The standard InChI is InChI=1S/C9H13F3N4/c1-2-5-16(6-9(10,11)12)7-3-4-14-8(13)15-7/h3-4H,2,5-6H2,1H3,(H2,13,14,15). The first-order valence-corrected chi connectivity index (χ1v) is 4.82. The third-order valence-electron chi connectivity index (χ3n) is 1.85. The maximum Gasteiger partial charge on any atom is 0.405 e. The van der Waals surface area contributed by atoms with Crippen LogP contribution in [-0.4, -0.2) is 29.2 Å². The number of nitrogens with zero attached hydrogens (tertiary/aromatic N) is 3. The summed E-state index contributed by atoms with van der Waals surface area (Å²) in [6, 6.07) is 1.41. The highest BCUT2D eigenvalue weighted by molar-refractivity contribution is 5.40. The second-order valence-electron chi connectivity index (χ2n) is 3.31. The number of anilines is 2. The number of hydrogen-bond acceptors (Lipinski definition) is 4. The van der Waals surface area contributed by atoms with Crippen LogP contribution in [0.4, 0.5) is 24.9 Å². The van der Waals surface area contributed by atoms with Crippen molar-refractivity contribution in [2.24, 2.45) is 0 Å². The van der Waals surface area contributed by atoms with Crippen LogP contribution in [0.1, 0.15) is 13.3 Å². The summed E-state index contributed by atoms with van der Waals surface area (Å²) in [5, 5.41) is 0. The lowest BCUT2D eigenvalue weighted by Gasteiger charge is -2.24. The van der Waals surface area contributed by atoms with E-state index in [2.05, 4.69) is 9.97 Å². The van der Waals surface area contributed by atoms with Gasteiger partial charge in [-0.3, -0.25) is 0 Å². The van der Waals surface area contributed by atoms with Gasteiger partial charge in [-0.2, -0.15) is 18.2 Å². The zero-order chi connectivity index (χ0) is 12.2. The Morgan fingerprint density at radius 2 is 2.12 bits per heavy atom. The van der Waals surface area contributed by atoms with Crippen LogP contribution in [0.25, 0.3) is 0 Å². The van der Waals surface area contributed by atoms with Gasteiger partial charge in [-0.25, -0.2) is 4.98 Å². The van der Waals surface area contributed by atoms with Crippen LogP contribution in [0.15, 0.2) is 12.3 Å². The largest absolute Gasteiger partial charge is 0.405 e. The van der Waals surface area contributed by atoms with Crippen molar-refractivity contribution in [3.05, 3.63) is 12.3 Å². The molecular weight excluding hydrogens is 221 g/mol. The van der Waals surface area contributed by atoms with Crippen LogP contribution < -0.4 is 10.6 Å². The molecule has 0 atom stereocenters. The van der Waals surface area contributed by atoms with Crippen molar-refractivity contribution in [1.29, 1.82) is 0 Å². The Kier molecular flexibility index (Phi) is 3.92. The molecule has 0 saturated carbocycles. The summed E-state index contributed by atoms with van der Waals surface area (Å²) in [4.78, 5) is 8.54. The predicted molar refractivity (Wildman–Crippen MR) is 55.0 cm³/mol. The van der Waals surface area contributed by atoms with Crippen LogP contribution in [0.5, 0.6) is 0 Å². The molecule has 1 rings (SSSR count). The zero-order valence-electron chi connectivity index (χ0n) is 8.83. The molecule has 4 nitrogen and oxygen atoms in total. The molecule has 7 heteroatoms. The Balaban J connectivity index is 2.85. The van der Waals surface area contributed by atoms with Crippen molar-refractivity contribution in [3.63, 3.8) is 0 Å². The molecule has 16 heavy (non-hydrogen) atoms. The third-order valence-corrected chi connectivity index (χ3v) is 1.85. The molecule has 0 fully saturated rings. The van der Waals surface area contributed by atoms with Crippen molar-refractivity contribution in [1.82, 2.24) is 9.97 Å². The summed E-state index contributed by atoms with van der Waals surface area (Å²) in [6.45, 7) is 1.04. The number of nitrogen functional groups attached to an aromatic ring is 1. The summed E-state index contributed by atoms with van der Waals surface area (Å²) in [5.41, 5.74) is 5.33. The molecule has 0 aromatic carbocycles. The van der Waals surface area contributed by atoms with E-state index in [1.165, 1.54) is 12.3 Å². The minimum atomic E-state index is -4.26. The van der Waals surface area contributed by atoms with Crippen LogP contribution in [0.2, 0.25) is 0 Å². The number of halogens is 3. The molecule has 1 heterocycles. The van der Waals surface area contributed by atoms with Gasteiger partial charge in [0.2, 0.25) is 5.95 Å². The van der Waals surface area contributed by atoms with Gasteiger partial charge in [0.25, 0.3) is 0 Å². The predicted octanol–water partition coefficient (Wildman–Crippen LogP) is 1.84. The van der Waals surface area contributed by atoms with Gasteiger partial charge in [0.15, 0.2) is 0 Å². The lowest BCUT2D eigenvalue weighted by molar-refractivity contribution is -0.119. The fourth-order valence-electron chi connectivity index (χ4n) is 1.30. The Bertz CT molecular complexity index is 340.